The lowest BCUT2D eigenvalue weighted by Gasteiger charge is -2.25. The Morgan fingerprint density at radius 1 is 1.23 bits per heavy atom. The van der Waals surface area contributed by atoms with E-state index < -0.39 is 0 Å². The van der Waals surface area contributed by atoms with E-state index in [1.165, 1.54) is 6.26 Å². The molecule has 1 heterocycles. The molecule has 26 heavy (non-hydrogen) atoms. The number of amides is 2. The highest BCUT2D eigenvalue weighted by Gasteiger charge is 2.34. The molecule has 1 aromatic heterocycles. The van der Waals surface area contributed by atoms with E-state index in [0.29, 0.717) is 18.7 Å². The first kappa shape index (κ1) is 18.0. The lowest BCUT2D eigenvalue weighted by Crippen LogP contribution is -2.33. The smallest absolute Gasteiger partial charge is 0.290 e. The highest BCUT2D eigenvalue weighted by Crippen LogP contribution is 2.32. The van der Waals surface area contributed by atoms with Crippen LogP contribution in [0.15, 0.2) is 41.0 Å². The summed E-state index contributed by atoms with van der Waals surface area (Å²) in [4.78, 5) is 28.4. The molecule has 0 aliphatic heterocycles. The third kappa shape index (κ3) is 4.07. The summed E-state index contributed by atoms with van der Waals surface area (Å²) in [7, 11) is 3.94. The first-order valence-corrected chi connectivity index (χ1v) is 8.94. The topological polar surface area (TPSA) is 65.8 Å². The molecule has 2 aromatic rings. The molecule has 2 amide bonds. The molecule has 0 atom stereocenters. The Kier molecular flexibility index (Phi) is 5.30. The van der Waals surface area contributed by atoms with Gasteiger partial charge in [-0.2, -0.15) is 0 Å². The molecule has 6 heteroatoms. The van der Waals surface area contributed by atoms with Crippen LogP contribution >= 0.6 is 0 Å². The van der Waals surface area contributed by atoms with Crippen molar-refractivity contribution in [2.45, 2.75) is 38.8 Å². The van der Waals surface area contributed by atoms with Crippen molar-refractivity contribution < 1.29 is 14.0 Å². The van der Waals surface area contributed by atoms with Crippen molar-refractivity contribution in [2.75, 3.05) is 24.3 Å². The number of carbonyl (C=O) groups is 2. The minimum atomic E-state index is -0.0924. The van der Waals surface area contributed by atoms with Gasteiger partial charge < -0.3 is 19.5 Å². The van der Waals surface area contributed by atoms with Crippen molar-refractivity contribution >= 4 is 23.2 Å². The molecular weight excluding hydrogens is 330 g/mol. The van der Waals surface area contributed by atoms with Crippen LogP contribution in [0.25, 0.3) is 0 Å². The van der Waals surface area contributed by atoms with E-state index in [1.807, 2.05) is 49.0 Å². The molecule has 0 bridgehead atoms. The summed E-state index contributed by atoms with van der Waals surface area (Å²) in [5.74, 6) is 0.239. The third-order valence-corrected chi connectivity index (χ3v) is 4.49. The van der Waals surface area contributed by atoms with Crippen molar-refractivity contribution in [3.63, 3.8) is 0 Å². The first-order valence-electron chi connectivity index (χ1n) is 8.94. The molecule has 0 spiro atoms. The van der Waals surface area contributed by atoms with E-state index in [4.69, 9.17) is 4.42 Å². The zero-order chi connectivity index (χ0) is 18.7. The van der Waals surface area contributed by atoms with E-state index in [2.05, 4.69) is 5.32 Å². The van der Waals surface area contributed by atoms with Crippen LogP contribution in [0.1, 0.15) is 42.3 Å². The number of benzene rings is 1. The third-order valence-electron chi connectivity index (χ3n) is 4.49. The SMILES string of the molecule is CCC(=O)Nc1ccc(N(C)C)c(CN(C(=O)c2ccco2)C2CC2)c1. The van der Waals surface area contributed by atoms with Gasteiger partial charge in [0.05, 0.1) is 6.26 Å². The van der Waals surface area contributed by atoms with Crippen LogP contribution in [-0.2, 0) is 11.3 Å². The lowest BCUT2D eigenvalue weighted by molar-refractivity contribution is -0.115. The number of nitrogens with one attached hydrogen (secondary N) is 1. The fourth-order valence-corrected chi connectivity index (χ4v) is 2.95. The van der Waals surface area contributed by atoms with Crippen molar-refractivity contribution in [1.29, 1.82) is 0 Å². The van der Waals surface area contributed by atoms with Crippen LogP contribution < -0.4 is 10.2 Å². The fraction of sp³-hybridized carbons (Fsp3) is 0.400. The zero-order valence-corrected chi connectivity index (χ0v) is 15.5. The maximum atomic E-state index is 12.8. The molecule has 138 valence electrons. The summed E-state index contributed by atoms with van der Waals surface area (Å²) in [6.07, 6.45) is 3.96. The molecule has 0 radical (unpaired) electrons. The van der Waals surface area contributed by atoms with Crippen molar-refractivity contribution in [1.82, 2.24) is 4.90 Å². The second-order valence-corrected chi connectivity index (χ2v) is 6.78. The molecule has 0 unspecified atom stereocenters. The Labute approximate surface area is 153 Å². The average molecular weight is 355 g/mol. The number of rotatable bonds is 7. The molecule has 1 aromatic carbocycles. The monoisotopic (exact) mass is 355 g/mol. The quantitative estimate of drug-likeness (QED) is 0.825. The van der Waals surface area contributed by atoms with E-state index in [9.17, 15) is 9.59 Å². The molecule has 6 nitrogen and oxygen atoms in total. The van der Waals surface area contributed by atoms with Crippen LogP contribution in [-0.4, -0.2) is 36.9 Å². The van der Waals surface area contributed by atoms with Gasteiger partial charge in [-0.3, -0.25) is 9.59 Å². The van der Waals surface area contributed by atoms with Crippen LogP contribution in [0.3, 0.4) is 0 Å². The highest BCUT2D eigenvalue weighted by atomic mass is 16.3. The Hall–Kier alpha value is -2.76. The summed E-state index contributed by atoms with van der Waals surface area (Å²) < 4.78 is 5.30. The maximum absolute atomic E-state index is 12.8. The molecule has 0 saturated heterocycles. The second-order valence-electron chi connectivity index (χ2n) is 6.78. The number of nitrogens with zero attached hydrogens (tertiary/aromatic N) is 2. The highest BCUT2D eigenvalue weighted by molar-refractivity contribution is 5.92. The van der Waals surface area contributed by atoms with E-state index in [0.717, 1.165) is 29.8 Å². The fourth-order valence-electron chi connectivity index (χ4n) is 2.95. The Morgan fingerprint density at radius 2 is 2.00 bits per heavy atom. The van der Waals surface area contributed by atoms with Crippen LogP contribution in [0.5, 0.6) is 0 Å². The summed E-state index contributed by atoms with van der Waals surface area (Å²) in [5.41, 5.74) is 2.77. The lowest BCUT2D eigenvalue weighted by atomic mass is 10.1. The Morgan fingerprint density at radius 3 is 2.58 bits per heavy atom. The Bertz CT molecular complexity index is 780. The molecule has 1 N–H and O–H groups in total. The minimum absolute atomic E-state index is 0.0285. The standard InChI is InChI=1S/C20H25N3O3/c1-4-19(24)21-15-7-10-17(22(2)3)14(12-15)13-23(16-8-9-16)20(25)18-6-5-11-26-18/h5-7,10-12,16H,4,8-9,13H2,1-3H3,(H,21,24). The Balaban J connectivity index is 1.88. The minimum Gasteiger partial charge on any atom is -0.459 e. The van der Waals surface area contributed by atoms with Gasteiger partial charge in [0.2, 0.25) is 5.91 Å². The predicted octanol–water partition coefficient (Wildman–Crippen LogP) is 3.50. The normalized spacial score (nSPS) is 13.3. The van der Waals surface area contributed by atoms with Gasteiger partial charge in [0.1, 0.15) is 0 Å². The van der Waals surface area contributed by atoms with Crippen LogP contribution in [0.2, 0.25) is 0 Å². The van der Waals surface area contributed by atoms with Crippen LogP contribution in [0, 0.1) is 0 Å². The largest absolute Gasteiger partial charge is 0.459 e. The number of carbonyl (C=O) groups excluding carboxylic acids is 2. The molecule has 1 aliphatic rings. The molecule has 1 aliphatic carbocycles. The number of hydrogen-bond acceptors (Lipinski definition) is 4. The van der Waals surface area contributed by atoms with Gasteiger partial charge in [0.15, 0.2) is 5.76 Å². The van der Waals surface area contributed by atoms with Gasteiger partial charge in [-0.05, 0) is 48.7 Å². The maximum Gasteiger partial charge on any atom is 0.290 e. The summed E-state index contributed by atoms with van der Waals surface area (Å²) in [6.45, 7) is 2.30. The van der Waals surface area contributed by atoms with Gasteiger partial charge >= 0.3 is 0 Å². The number of furan rings is 1. The summed E-state index contributed by atoms with van der Waals surface area (Å²) >= 11 is 0. The van der Waals surface area contributed by atoms with Gasteiger partial charge in [0.25, 0.3) is 5.91 Å². The van der Waals surface area contributed by atoms with Gasteiger partial charge in [-0.25, -0.2) is 0 Å². The average Bonchev–Trinajstić information content (AvgIpc) is 3.31. The zero-order valence-electron chi connectivity index (χ0n) is 15.5. The van der Waals surface area contributed by atoms with Crippen molar-refractivity contribution in [2.24, 2.45) is 0 Å². The first-order chi connectivity index (χ1) is 12.5. The molecule has 1 fully saturated rings. The summed E-state index contributed by atoms with van der Waals surface area (Å²) in [5, 5.41) is 2.89. The molecule has 3 rings (SSSR count). The molecular formula is C20H25N3O3. The van der Waals surface area contributed by atoms with E-state index in [-0.39, 0.29) is 17.9 Å². The van der Waals surface area contributed by atoms with Gasteiger partial charge in [-0.1, -0.05) is 6.92 Å². The van der Waals surface area contributed by atoms with Gasteiger partial charge in [-0.15, -0.1) is 0 Å². The number of hydrogen-bond donors (Lipinski definition) is 1. The van der Waals surface area contributed by atoms with Crippen molar-refractivity contribution in [3.8, 4) is 0 Å². The van der Waals surface area contributed by atoms with E-state index in [1.54, 1.807) is 12.1 Å². The van der Waals surface area contributed by atoms with Crippen molar-refractivity contribution in [3.05, 3.63) is 47.9 Å². The number of anilines is 2. The summed E-state index contributed by atoms with van der Waals surface area (Å²) in [6, 6.07) is 9.49. The predicted molar refractivity (Wildman–Crippen MR) is 101 cm³/mol. The second kappa shape index (κ2) is 7.64. The van der Waals surface area contributed by atoms with E-state index >= 15 is 0 Å². The van der Waals surface area contributed by atoms with Crippen LogP contribution in [0.4, 0.5) is 11.4 Å². The van der Waals surface area contributed by atoms with Gasteiger partial charge in [0, 0.05) is 44.5 Å². The molecule has 1 saturated carbocycles.